The van der Waals surface area contributed by atoms with Crippen molar-refractivity contribution in [3.8, 4) is 0 Å². The van der Waals surface area contributed by atoms with Crippen molar-refractivity contribution in [1.82, 2.24) is 4.98 Å². The smallest absolute Gasteiger partial charge is 0.148 e. The third-order valence-electron chi connectivity index (χ3n) is 2.49. The van der Waals surface area contributed by atoms with E-state index in [1.807, 2.05) is 23.4 Å². The molecular weight excluding hydrogens is 237 g/mol. The van der Waals surface area contributed by atoms with Crippen LogP contribution in [0, 0.1) is 5.82 Å². The summed E-state index contributed by atoms with van der Waals surface area (Å²) < 4.78 is 13.8. The fourth-order valence-electron chi connectivity index (χ4n) is 1.72. The van der Waals surface area contributed by atoms with Gasteiger partial charge in [-0.1, -0.05) is 6.07 Å². The second-order valence-electron chi connectivity index (χ2n) is 3.67. The maximum absolute atomic E-state index is 13.8. The highest BCUT2D eigenvalue weighted by Gasteiger charge is 2.13. The van der Waals surface area contributed by atoms with Crippen LogP contribution in [0.4, 0.5) is 15.8 Å². The van der Waals surface area contributed by atoms with Crippen LogP contribution < -0.4 is 10.2 Å². The van der Waals surface area contributed by atoms with Gasteiger partial charge in [0.05, 0.1) is 17.9 Å². The fourth-order valence-corrected chi connectivity index (χ4v) is 2.39. The van der Waals surface area contributed by atoms with E-state index in [1.165, 1.54) is 6.07 Å². The van der Waals surface area contributed by atoms with Gasteiger partial charge in [0, 0.05) is 25.7 Å². The summed E-state index contributed by atoms with van der Waals surface area (Å²) >= 11 is 1.57. The van der Waals surface area contributed by atoms with Crippen LogP contribution in [0.2, 0.25) is 0 Å². The molecule has 0 atom stereocenters. The summed E-state index contributed by atoms with van der Waals surface area (Å²) in [5, 5.41) is 5.89. The molecule has 5 heteroatoms. The van der Waals surface area contributed by atoms with Gasteiger partial charge >= 0.3 is 0 Å². The lowest BCUT2D eigenvalue weighted by atomic mass is 10.2. The fraction of sp³-hybridized carbons (Fsp3) is 0.250. The molecule has 1 aromatic carbocycles. The number of halogens is 1. The second-order valence-corrected chi connectivity index (χ2v) is 4.65. The summed E-state index contributed by atoms with van der Waals surface area (Å²) in [6.45, 7) is 0.604. The maximum atomic E-state index is 13.8. The van der Waals surface area contributed by atoms with E-state index < -0.39 is 0 Å². The van der Waals surface area contributed by atoms with Crippen molar-refractivity contribution in [3.05, 3.63) is 40.6 Å². The Morgan fingerprint density at radius 3 is 2.94 bits per heavy atom. The molecule has 1 aromatic heterocycles. The molecule has 0 aliphatic heterocycles. The first-order chi connectivity index (χ1) is 8.22. The van der Waals surface area contributed by atoms with Gasteiger partial charge in [0.15, 0.2) is 0 Å². The summed E-state index contributed by atoms with van der Waals surface area (Å²) in [5.74, 6) is -0.226. The molecule has 0 radical (unpaired) electrons. The number of hydrogen-bond acceptors (Lipinski definition) is 4. The van der Waals surface area contributed by atoms with E-state index in [4.69, 9.17) is 0 Å². The van der Waals surface area contributed by atoms with Crippen LogP contribution in [0.3, 0.4) is 0 Å². The standard InChI is InChI=1S/C12H14FN3S/c1-14-10-5-3-4-9(13)12(10)16(2)8-11-15-6-7-17-11/h3-7,14H,8H2,1-2H3. The van der Waals surface area contributed by atoms with E-state index in [2.05, 4.69) is 10.3 Å². The molecule has 0 unspecified atom stereocenters. The van der Waals surface area contributed by atoms with E-state index in [1.54, 1.807) is 30.6 Å². The van der Waals surface area contributed by atoms with Gasteiger partial charge < -0.3 is 10.2 Å². The number of thiazole rings is 1. The number of anilines is 2. The topological polar surface area (TPSA) is 28.2 Å². The van der Waals surface area contributed by atoms with Crippen LogP contribution in [-0.2, 0) is 6.54 Å². The lowest BCUT2D eigenvalue weighted by Gasteiger charge is -2.21. The molecule has 0 saturated carbocycles. The van der Waals surface area contributed by atoms with Gasteiger partial charge in [-0.15, -0.1) is 11.3 Å². The van der Waals surface area contributed by atoms with Crippen molar-refractivity contribution in [2.75, 3.05) is 24.3 Å². The van der Waals surface area contributed by atoms with Crippen LogP contribution in [0.1, 0.15) is 5.01 Å². The molecule has 1 heterocycles. The monoisotopic (exact) mass is 251 g/mol. The zero-order valence-electron chi connectivity index (χ0n) is 9.77. The van der Waals surface area contributed by atoms with Gasteiger partial charge in [-0.2, -0.15) is 0 Å². The minimum absolute atomic E-state index is 0.226. The van der Waals surface area contributed by atoms with Crippen molar-refractivity contribution >= 4 is 22.7 Å². The molecule has 2 aromatic rings. The minimum Gasteiger partial charge on any atom is -0.386 e. The number of rotatable bonds is 4. The number of para-hydroxylation sites is 1. The third-order valence-corrected chi connectivity index (χ3v) is 3.26. The second kappa shape index (κ2) is 5.14. The lowest BCUT2D eigenvalue weighted by Crippen LogP contribution is -2.19. The Morgan fingerprint density at radius 1 is 1.47 bits per heavy atom. The van der Waals surface area contributed by atoms with E-state index in [0.717, 1.165) is 10.7 Å². The third kappa shape index (κ3) is 2.55. The van der Waals surface area contributed by atoms with Gasteiger partial charge in [-0.3, -0.25) is 0 Å². The minimum atomic E-state index is -0.226. The molecule has 1 N–H and O–H groups in total. The predicted octanol–water partition coefficient (Wildman–Crippen LogP) is 2.96. The van der Waals surface area contributed by atoms with Gasteiger partial charge in [-0.05, 0) is 12.1 Å². The molecule has 0 aliphatic rings. The Kier molecular flexibility index (Phi) is 3.58. The molecule has 0 amide bonds. The highest BCUT2D eigenvalue weighted by atomic mass is 32.1. The van der Waals surface area contributed by atoms with Crippen molar-refractivity contribution in [2.45, 2.75) is 6.54 Å². The highest BCUT2D eigenvalue weighted by molar-refractivity contribution is 7.09. The Bertz CT molecular complexity index is 485. The van der Waals surface area contributed by atoms with Gasteiger partial charge in [0.1, 0.15) is 10.8 Å². The first-order valence-corrected chi connectivity index (χ1v) is 6.16. The Balaban J connectivity index is 2.26. The summed E-state index contributed by atoms with van der Waals surface area (Å²) in [7, 11) is 3.65. The van der Waals surface area contributed by atoms with Crippen molar-refractivity contribution in [1.29, 1.82) is 0 Å². The first kappa shape index (κ1) is 11.9. The van der Waals surface area contributed by atoms with E-state index in [0.29, 0.717) is 12.2 Å². The number of hydrogen-bond donors (Lipinski definition) is 1. The summed E-state index contributed by atoms with van der Waals surface area (Å²) in [6, 6.07) is 5.02. The number of benzene rings is 1. The predicted molar refractivity (Wildman–Crippen MR) is 70.2 cm³/mol. The number of aromatic nitrogens is 1. The molecule has 0 aliphatic carbocycles. The van der Waals surface area contributed by atoms with E-state index >= 15 is 0 Å². The zero-order valence-corrected chi connectivity index (χ0v) is 10.6. The van der Waals surface area contributed by atoms with E-state index in [9.17, 15) is 4.39 Å². The molecule has 0 spiro atoms. The SMILES string of the molecule is CNc1cccc(F)c1N(C)Cc1nccs1. The van der Waals surface area contributed by atoms with Crippen molar-refractivity contribution in [2.24, 2.45) is 0 Å². The van der Waals surface area contributed by atoms with Gasteiger partial charge in [-0.25, -0.2) is 9.37 Å². The van der Waals surface area contributed by atoms with Crippen molar-refractivity contribution < 1.29 is 4.39 Å². The van der Waals surface area contributed by atoms with E-state index in [-0.39, 0.29) is 5.82 Å². The van der Waals surface area contributed by atoms with Crippen LogP contribution in [0.15, 0.2) is 29.8 Å². The van der Waals surface area contributed by atoms with Crippen LogP contribution in [-0.4, -0.2) is 19.1 Å². The average Bonchev–Trinajstić information content (AvgIpc) is 2.81. The summed E-state index contributed by atoms with van der Waals surface area (Å²) in [6.07, 6.45) is 1.76. The number of nitrogens with one attached hydrogen (secondary N) is 1. The Morgan fingerprint density at radius 2 is 2.29 bits per heavy atom. The van der Waals surface area contributed by atoms with Crippen molar-refractivity contribution in [3.63, 3.8) is 0 Å². The van der Waals surface area contributed by atoms with Crippen LogP contribution >= 0.6 is 11.3 Å². The average molecular weight is 251 g/mol. The van der Waals surface area contributed by atoms with Gasteiger partial charge in [0.2, 0.25) is 0 Å². The van der Waals surface area contributed by atoms with Crippen LogP contribution in [0.5, 0.6) is 0 Å². The molecular formula is C12H14FN3S. The molecule has 2 rings (SSSR count). The summed E-state index contributed by atoms with van der Waals surface area (Å²) in [4.78, 5) is 6.06. The quantitative estimate of drug-likeness (QED) is 0.905. The zero-order chi connectivity index (χ0) is 12.3. The molecule has 17 heavy (non-hydrogen) atoms. The largest absolute Gasteiger partial charge is 0.386 e. The molecule has 0 fully saturated rings. The Labute approximate surface area is 104 Å². The molecule has 0 saturated heterocycles. The first-order valence-electron chi connectivity index (χ1n) is 5.28. The Hall–Kier alpha value is -1.62. The normalized spacial score (nSPS) is 10.3. The highest BCUT2D eigenvalue weighted by Crippen LogP contribution is 2.29. The molecule has 0 bridgehead atoms. The van der Waals surface area contributed by atoms with Crippen LogP contribution in [0.25, 0.3) is 0 Å². The maximum Gasteiger partial charge on any atom is 0.148 e. The molecule has 90 valence electrons. The number of nitrogens with zero attached hydrogens (tertiary/aromatic N) is 2. The molecule has 3 nitrogen and oxygen atoms in total. The lowest BCUT2D eigenvalue weighted by molar-refractivity contribution is 0.623. The van der Waals surface area contributed by atoms with Gasteiger partial charge in [0.25, 0.3) is 0 Å². The summed E-state index contributed by atoms with van der Waals surface area (Å²) in [5.41, 5.74) is 1.36.